The summed E-state index contributed by atoms with van der Waals surface area (Å²) >= 11 is 0. The summed E-state index contributed by atoms with van der Waals surface area (Å²) < 4.78 is 22.8. The van der Waals surface area contributed by atoms with E-state index in [2.05, 4.69) is 0 Å². The zero-order chi connectivity index (χ0) is 8.70. The maximum absolute atomic E-state index is 11.6. The molecule has 1 atom stereocenters. The lowest BCUT2D eigenvalue weighted by Gasteiger charge is -2.33. The van der Waals surface area contributed by atoms with Crippen LogP contribution in [0.3, 0.4) is 0 Å². The van der Waals surface area contributed by atoms with Crippen molar-refractivity contribution in [1.82, 2.24) is 0 Å². The molecule has 0 amide bonds. The van der Waals surface area contributed by atoms with Gasteiger partial charge in [-0.05, 0) is 33.6 Å². The molecule has 0 aromatic rings. The monoisotopic (exact) mass is 176 g/mol. The van der Waals surface area contributed by atoms with E-state index in [1.165, 1.54) is 0 Å². The van der Waals surface area contributed by atoms with Crippen LogP contribution in [0, 0.1) is 0 Å². The van der Waals surface area contributed by atoms with Crippen LogP contribution in [0.15, 0.2) is 0 Å². The largest absolute Gasteiger partial charge is 0.228 e. The van der Waals surface area contributed by atoms with Gasteiger partial charge < -0.3 is 0 Å². The molecule has 1 unspecified atom stereocenters. The molecule has 0 bridgehead atoms. The summed E-state index contributed by atoms with van der Waals surface area (Å²) in [5.74, 6) is 0. The quantitative estimate of drug-likeness (QED) is 0.563. The average molecular weight is 176 g/mol. The average Bonchev–Trinajstić information content (AvgIpc) is 1.84. The van der Waals surface area contributed by atoms with E-state index in [-0.39, 0.29) is 5.25 Å². The fourth-order valence-corrected chi connectivity index (χ4v) is 3.65. The maximum atomic E-state index is 11.6. The minimum absolute atomic E-state index is 0.133. The summed E-state index contributed by atoms with van der Waals surface area (Å²) in [6.07, 6.45) is 2.71. The van der Waals surface area contributed by atoms with Crippen molar-refractivity contribution in [3.63, 3.8) is 0 Å². The number of sulfone groups is 1. The van der Waals surface area contributed by atoms with Crippen molar-refractivity contribution in [3.8, 4) is 0 Å². The minimum Gasteiger partial charge on any atom is -0.228 e. The van der Waals surface area contributed by atoms with Crippen LogP contribution in [0.2, 0.25) is 0 Å². The Morgan fingerprint density at radius 2 is 1.91 bits per heavy atom. The van der Waals surface area contributed by atoms with E-state index in [1.807, 2.05) is 20.8 Å². The van der Waals surface area contributed by atoms with Gasteiger partial charge in [0.1, 0.15) is 0 Å². The molecule has 1 aliphatic rings. The zero-order valence-electron chi connectivity index (χ0n) is 7.42. The van der Waals surface area contributed by atoms with E-state index < -0.39 is 14.6 Å². The van der Waals surface area contributed by atoms with Crippen LogP contribution < -0.4 is 0 Å². The van der Waals surface area contributed by atoms with Crippen LogP contribution in [-0.4, -0.2) is 18.4 Å². The summed E-state index contributed by atoms with van der Waals surface area (Å²) in [7, 11) is -2.84. The molecule has 11 heavy (non-hydrogen) atoms. The van der Waals surface area contributed by atoms with Gasteiger partial charge in [0.2, 0.25) is 0 Å². The molecule has 1 rings (SSSR count). The fraction of sp³-hybridized carbons (Fsp3) is 1.00. The summed E-state index contributed by atoms with van der Waals surface area (Å²) in [6.45, 7) is 5.48. The summed E-state index contributed by atoms with van der Waals surface area (Å²) in [4.78, 5) is 0. The Morgan fingerprint density at radius 1 is 1.36 bits per heavy atom. The molecule has 0 radical (unpaired) electrons. The van der Waals surface area contributed by atoms with Crippen molar-refractivity contribution < 1.29 is 8.42 Å². The molecule has 3 heteroatoms. The summed E-state index contributed by atoms with van der Waals surface area (Å²) in [6, 6.07) is 0. The molecular weight excluding hydrogens is 160 g/mol. The van der Waals surface area contributed by atoms with Crippen LogP contribution in [0.25, 0.3) is 0 Å². The molecule has 1 aliphatic heterocycles. The van der Waals surface area contributed by atoms with Crippen molar-refractivity contribution in [2.75, 3.05) is 0 Å². The Morgan fingerprint density at radius 3 is 2.27 bits per heavy atom. The van der Waals surface area contributed by atoms with Gasteiger partial charge in [-0.15, -0.1) is 0 Å². The van der Waals surface area contributed by atoms with Crippen LogP contribution in [0.1, 0.15) is 40.0 Å². The highest BCUT2D eigenvalue weighted by Crippen LogP contribution is 2.34. The molecule has 0 N–H and O–H groups in total. The van der Waals surface area contributed by atoms with Crippen LogP contribution in [0.4, 0.5) is 0 Å². The molecule has 0 saturated carbocycles. The first kappa shape index (κ1) is 9.04. The SMILES string of the molecule is CC1CCCC(C)(C)S1(=O)=O. The lowest BCUT2D eigenvalue weighted by Crippen LogP contribution is -2.42. The predicted molar refractivity (Wildman–Crippen MR) is 46.3 cm³/mol. The van der Waals surface area contributed by atoms with E-state index in [0.29, 0.717) is 0 Å². The first-order valence-electron chi connectivity index (χ1n) is 4.11. The van der Waals surface area contributed by atoms with Crippen molar-refractivity contribution in [2.45, 2.75) is 50.0 Å². The van der Waals surface area contributed by atoms with Crippen molar-refractivity contribution in [1.29, 1.82) is 0 Å². The van der Waals surface area contributed by atoms with E-state index in [1.54, 1.807) is 0 Å². The third-order valence-corrected chi connectivity index (χ3v) is 5.73. The lowest BCUT2D eigenvalue weighted by atomic mass is 10.0. The van der Waals surface area contributed by atoms with Gasteiger partial charge in [-0.1, -0.05) is 6.42 Å². The van der Waals surface area contributed by atoms with Gasteiger partial charge in [0, 0.05) is 0 Å². The maximum Gasteiger partial charge on any atom is 0.158 e. The molecule has 0 aliphatic carbocycles. The van der Waals surface area contributed by atoms with Crippen molar-refractivity contribution >= 4 is 9.84 Å². The van der Waals surface area contributed by atoms with Gasteiger partial charge in [0.15, 0.2) is 9.84 Å². The number of hydrogen-bond donors (Lipinski definition) is 0. The molecule has 0 spiro atoms. The van der Waals surface area contributed by atoms with Crippen LogP contribution in [-0.2, 0) is 9.84 Å². The molecular formula is C8H16O2S. The first-order chi connectivity index (χ1) is 4.88. The smallest absolute Gasteiger partial charge is 0.158 e. The summed E-state index contributed by atoms with van der Waals surface area (Å²) in [5.41, 5.74) is 0. The normalized spacial score (nSPS) is 35.0. The third-order valence-electron chi connectivity index (χ3n) is 2.69. The molecule has 1 saturated heterocycles. The third kappa shape index (κ3) is 1.31. The van der Waals surface area contributed by atoms with E-state index in [4.69, 9.17) is 0 Å². The highest BCUT2D eigenvalue weighted by atomic mass is 32.2. The fourth-order valence-electron chi connectivity index (χ4n) is 1.66. The highest BCUT2D eigenvalue weighted by molar-refractivity contribution is 7.93. The van der Waals surface area contributed by atoms with E-state index in [0.717, 1.165) is 19.3 Å². The molecule has 2 nitrogen and oxygen atoms in total. The number of hydrogen-bond acceptors (Lipinski definition) is 2. The zero-order valence-corrected chi connectivity index (χ0v) is 8.24. The standard InChI is InChI=1S/C8H16O2S/c1-7-5-4-6-8(2,3)11(7,9)10/h7H,4-6H2,1-3H3. The Bertz CT molecular complexity index is 239. The van der Waals surface area contributed by atoms with Gasteiger partial charge in [-0.25, -0.2) is 8.42 Å². The van der Waals surface area contributed by atoms with Crippen molar-refractivity contribution in [2.24, 2.45) is 0 Å². The van der Waals surface area contributed by atoms with Crippen molar-refractivity contribution in [3.05, 3.63) is 0 Å². The van der Waals surface area contributed by atoms with Gasteiger partial charge in [-0.3, -0.25) is 0 Å². The van der Waals surface area contributed by atoms with Crippen LogP contribution in [0.5, 0.6) is 0 Å². The van der Waals surface area contributed by atoms with Gasteiger partial charge in [0.25, 0.3) is 0 Å². The Labute approximate surface area is 68.9 Å². The molecule has 1 heterocycles. The second-order valence-corrected chi connectivity index (χ2v) is 7.01. The Kier molecular flexibility index (Phi) is 2.03. The second kappa shape index (κ2) is 2.47. The van der Waals surface area contributed by atoms with Gasteiger partial charge >= 0.3 is 0 Å². The topological polar surface area (TPSA) is 34.1 Å². The Hall–Kier alpha value is -0.0500. The highest BCUT2D eigenvalue weighted by Gasteiger charge is 2.41. The second-order valence-electron chi connectivity index (χ2n) is 4.01. The Balaban J connectivity index is 3.02. The number of rotatable bonds is 0. The van der Waals surface area contributed by atoms with Gasteiger partial charge in [-0.2, -0.15) is 0 Å². The summed E-state index contributed by atoms with van der Waals surface area (Å²) in [5, 5.41) is -0.133. The van der Waals surface area contributed by atoms with Crippen LogP contribution >= 0.6 is 0 Å². The molecule has 0 aromatic heterocycles. The van der Waals surface area contributed by atoms with E-state index in [9.17, 15) is 8.42 Å². The lowest BCUT2D eigenvalue weighted by molar-refractivity contribution is 0.463. The molecule has 66 valence electrons. The molecule has 0 aromatic carbocycles. The van der Waals surface area contributed by atoms with E-state index >= 15 is 0 Å². The minimum atomic E-state index is -2.84. The van der Waals surface area contributed by atoms with Gasteiger partial charge in [0.05, 0.1) is 10.00 Å². The predicted octanol–water partition coefficient (Wildman–Crippen LogP) is 1.75. The molecule has 1 fully saturated rings. The first-order valence-corrected chi connectivity index (χ1v) is 5.66.